The van der Waals surface area contributed by atoms with Gasteiger partial charge >= 0.3 is 5.97 Å². The van der Waals surface area contributed by atoms with Crippen LogP contribution in [0, 0.1) is 0 Å². The molecular formula is C13H15N3O3. The van der Waals surface area contributed by atoms with Gasteiger partial charge in [-0.05, 0) is 18.6 Å². The Morgan fingerprint density at radius 1 is 1.47 bits per heavy atom. The first-order chi connectivity index (χ1) is 9.10. The van der Waals surface area contributed by atoms with E-state index in [1.54, 1.807) is 13.1 Å². The van der Waals surface area contributed by atoms with Crippen molar-refractivity contribution in [3.8, 4) is 0 Å². The molecule has 0 aliphatic rings. The number of carboxylic acids is 1. The molecule has 0 saturated heterocycles. The van der Waals surface area contributed by atoms with E-state index in [1.807, 2.05) is 28.8 Å². The molecule has 2 N–H and O–H groups in total. The minimum Gasteiger partial charge on any atom is -0.480 e. The highest BCUT2D eigenvalue weighted by atomic mass is 16.4. The van der Waals surface area contributed by atoms with Gasteiger partial charge in [-0.3, -0.25) is 4.79 Å². The summed E-state index contributed by atoms with van der Waals surface area (Å²) in [5.74, 6) is -1.36. The zero-order valence-electron chi connectivity index (χ0n) is 10.5. The monoisotopic (exact) mass is 261 g/mol. The van der Waals surface area contributed by atoms with E-state index in [0.29, 0.717) is 12.1 Å². The summed E-state index contributed by atoms with van der Waals surface area (Å²) in [6, 6.07) is 4.73. The molecule has 0 spiro atoms. The number of amides is 1. The molecule has 1 atom stereocenters. The van der Waals surface area contributed by atoms with E-state index in [9.17, 15) is 9.59 Å². The summed E-state index contributed by atoms with van der Waals surface area (Å²) in [4.78, 5) is 26.8. The van der Waals surface area contributed by atoms with Crippen molar-refractivity contribution in [2.24, 2.45) is 0 Å². The second-order valence-corrected chi connectivity index (χ2v) is 4.24. The highest BCUT2D eigenvalue weighted by Crippen LogP contribution is 2.05. The topological polar surface area (TPSA) is 83.7 Å². The highest BCUT2D eigenvalue weighted by Gasteiger charge is 2.18. The van der Waals surface area contributed by atoms with Crippen LogP contribution in [0.1, 0.15) is 19.0 Å². The minimum absolute atomic E-state index is 0.0749. The van der Waals surface area contributed by atoms with E-state index in [0.717, 1.165) is 5.65 Å². The van der Waals surface area contributed by atoms with Crippen LogP contribution in [0.5, 0.6) is 0 Å². The van der Waals surface area contributed by atoms with E-state index in [-0.39, 0.29) is 12.3 Å². The summed E-state index contributed by atoms with van der Waals surface area (Å²) in [5, 5.41) is 11.3. The molecule has 6 heteroatoms. The fourth-order valence-corrected chi connectivity index (χ4v) is 1.82. The fourth-order valence-electron chi connectivity index (χ4n) is 1.82. The Bertz CT molecular complexity index is 573. The van der Waals surface area contributed by atoms with E-state index in [2.05, 4.69) is 10.3 Å². The number of rotatable bonds is 5. The maximum atomic E-state index is 11.7. The van der Waals surface area contributed by atoms with Crippen LogP contribution in [0.4, 0.5) is 0 Å². The summed E-state index contributed by atoms with van der Waals surface area (Å²) in [5.41, 5.74) is 1.37. The van der Waals surface area contributed by atoms with Gasteiger partial charge in [0.15, 0.2) is 0 Å². The Morgan fingerprint density at radius 2 is 2.26 bits per heavy atom. The molecule has 6 nitrogen and oxygen atoms in total. The molecule has 0 radical (unpaired) electrons. The molecule has 0 fully saturated rings. The Morgan fingerprint density at radius 3 is 2.89 bits per heavy atom. The number of carbonyl (C=O) groups excluding carboxylic acids is 1. The third-order valence-electron chi connectivity index (χ3n) is 2.80. The Hall–Kier alpha value is -2.37. The van der Waals surface area contributed by atoms with E-state index in [1.165, 1.54) is 0 Å². The molecule has 0 bridgehead atoms. The summed E-state index contributed by atoms with van der Waals surface area (Å²) >= 11 is 0. The zero-order chi connectivity index (χ0) is 13.8. The molecule has 0 aliphatic heterocycles. The SMILES string of the molecule is CCC(NC(=O)Cc1cn2ccccc2n1)C(=O)O. The van der Waals surface area contributed by atoms with Crippen LogP contribution < -0.4 is 5.32 Å². The van der Waals surface area contributed by atoms with Crippen LogP contribution in [-0.2, 0) is 16.0 Å². The van der Waals surface area contributed by atoms with Crippen LogP contribution in [0.25, 0.3) is 5.65 Å². The molecule has 2 aromatic rings. The molecule has 2 rings (SSSR count). The first kappa shape index (κ1) is 13.1. The maximum Gasteiger partial charge on any atom is 0.326 e. The number of carbonyl (C=O) groups is 2. The smallest absolute Gasteiger partial charge is 0.326 e. The van der Waals surface area contributed by atoms with Gasteiger partial charge in [0.1, 0.15) is 11.7 Å². The number of hydrogen-bond acceptors (Lipinski definition) is 3. The number of aliphatic carboxylic acids is 1. The maximum absolute atomic E-state index is 11.7. The normalized spacial score (nSPS) is 12.3. The fraction of sp³-hybridized carbons (Fsp3) is 0.308. The van der Waals surface area contributed by atoms with Gasteiger partial charge in [-0.2, -0.15) is 0 Å². The third-order valence-corrected chi connectivity index (χ3v) is 2.80. The molecule has 0 aromatic carbocycles. The molecular weight excluding hydrogens is 246 g/mol. The van der Waals surface area contributed by atoms with Crippen LogP contribution in [-0.4, -0.2) is 32.4 Å². The number of fused-ring (bicyclic) bond motifs is 1. The first-order valence-electron chi connectivity index (χ1n) is 6.05. The molecule has 2 aromatic heterocycles. The highest BCUT2D eigenvalue weighted by molar-refractivity contribution is 5.84. The predicted octanol–water partition coefficient (Wildman–Crippen LogP) is 0.856. The van der Waals surface area contributed by atoms with Gasteiger partial charge in [-0.15, -0.1) is 0 Å². The first-order valence-corrected chi connectivity index (χ1v) is 6.05. The van der Waals surface area contributed by atoms with Crippen molar-refractivity contribution in [2.75, 3.05) is 0 Å². The van der Waals surface area contributed by atoms with Crippen molar-refractivity contribution in [3.63, 3.8) is 0 Å². The molecule has 1 amide bonds. The third kappa shape index (κ3) is 3.09. The molecule has 100 valence electrons. The largest absolute Gasteiger partial charge is 0.480 e. The summed E-state index contributed by atoms with van der Waals surface area (Å²) in [6.07, 6.45) is 4.03. The Balaban J connectivity index is 2.04. The second kappa shape index (κ2) is 5.51. The number of pyridine rings is 1. The van der Waals surface area contributed by atoms with Gasteiger partial charge in [0.25, 0.3) is 0 Å². The van der Waals surface area contributed by atoms with Crippen molar-refractivity contribution in [2.45, 2.75) is 25.8 Å². The van der Waals surface area contributed by atoms with Crippen molar-refractivity contribution >= 4 is 17.5 Å². The average molecular weight is 261 g/mol. The van der Waals surface area contributed by atoms with Gasteiger partial charge in [-0.1, -0.05) is 13.0 Å². The number of aromatic nitrogens is 2. The van der Waals surface area contributed by atoms with E-state index >= 15 is 0 Å². The van der Waals surface area contributed by atoms with Gasteiger partial charge in [0.05, 0.1) is 12.1 Å². The van der Waals surface area contributed by atoms with Crippen molar-refractivity contribution in [1.82, 2.24) is 14.7 Å². The van der Waals surface area contributed by atoms with Crippen molar-refractivity contribution in [3.05, 3.63) is 36.3 Å². The summed E-state index contributed by atoms with van der Waals surface area (Å²) < 4.78 is 1.82. The van der Waals surface area contributed by atoms with Crippen molar-refractivity contribution in [1.29, 1.82) is 0 Å². The summed E-state index contributed by atoms with van der Waals surface area (Å²) in [7, 11) is 0. The average Bonchev–Trinajstić information content (AvgIpc) is 2.77. The van der Waals surface area contributed by atoms with Gasteiger partial charge in [0, 0.05) is 12.4 Å². The van der Waals surface area contributed by atoms with Crippen LogP contribution >= 0.6 is 0 Å². The van der Waals surface area contributed by atoms with Gasteiger partial charge in [0.2, 0.25) is 5.91 Å². The number of hydrogen-bond donors (Lipinski definition) is 2. The van der Waals surface area contributed by atoms with E-state index in [4.69, 9.17) is 5.11 Å². The standard InChI is InChI=1S/C13H15N3O3/c1-2-10(13(18)19)15-12(17)7-9-8-16-6-4-3-5-11(16)14-9/h3-6,8,10H,2,7H2,1H3,(H,15,17)(H,18,19). The second-order valence-electron chi connectivity index (χ2n) is 4.24. The lowest BCUT2D eigenvalue weighted by Gasteiger charge is -2.11. The summed E-state index contributed by atoms with van der Waals surface area (Å²) in [6.45, 7) is 1.71. The quantitative estimate of drug-likeness (QED) is 0.836. The number of carboxylic acid groups (broad SMARTS) is 1. The number of imidazole rings is 1. The van der Waals surface area contributed by atoms with Gasteiger partial charge in [-0.25, -0.2) is 9.78 Å². The number of nitrogens with one attached hydrogen (secondary N) is 1. The lowest BCUT2D eigenvalue weighted by Crippen LogP contribution is -2.41. The van der Waals surface area contributed by atoms with Gasteiger partial charge < -0.3 is 14.8 Å². The molecule has 0 aliphatic carbocycles. The van der Waals surface area contributed by atoms with Crippen LogP contribution in [0.3, 0.4) is 0 Å². The molecule has 2 heterocycles. The molecule has 1 unspecified atom stereocenters. The van der Waals surface area contributed by atoms with Crippen LogP contribution in [0.2, 0.25) is 0 Å². The van der Waals surface area contributed by atoms with Crippen LogP contribution in [0.15, 0.2) is 30.6 Å². The lowest BCUT2D eigenvalue weighted by atomic mass is 10.2. The Kier molecular flexibility index (Phi) is 3.79. The minimum atomic E-state index is -1.02. The lowest BCUT2D eigenvalue weighted by molar-refractivity contribution is -0.141. The van der Waals surface area contributed by atoms with E-state index < -0.39 is 12.0 Å². The Labute approximate surface area is 110 Å². The number of nitrogens with zero attached hydrogens (tertiary/aromatic N) is 2. The molecule has 0 saturated carbocycles. The van der Waals surface area contributed by atoms with Crippen molar-refractivity contribution < 1.29 is 14.7 Å². The zero-order valence-corrected chi connectivity index (χ0v) is 10.5. The molecule has 19 heavy (non-hydrogen) atoms. The predicted molar refractivity (Wildman–Crippen MR) is 68.8 cm³/mol.